The van der Waals surface area contributed by atoms with Crippen LogP contribution < -0.4 is 19.7 Å². The Balaban J connectivity index is 1.52. The molecule has 0 fully saturated rings. The maximum atomic E-state index is 6.18. The van der Waals surface area contributed by atoms with Crippen molar-refractivity contribution < 1.29 is 9.47 Å². The van der Waals surface area contributed by atoms with Gasteiger partial charge in [0.15, 0.2) is 29.0 Å². The number of aromatic nitrogens is 2. The van der Waals surface area contributed by atoms with E-state index in [0.717, 1.165) is 45.4 Å². The minimum Gasteiger partial charge on any atom is -0.493 e. The highest BCUT2D eigenvalue weighted by molar-refractivity contribution is 6.51. The van der Waals surface area contributed by atoms with E-state index in [1.54, 1.807) is 14.2 Å². The maximum Gasteiger partial charge on any atom is 0.179 e. The third kappa shape index (κ3) is 4.19. The molecule has 208 valence electrons. The zero-order valence-electron chi connectivity index (χ0n) is 23.2. The summed E-state index contributed by atoms with van der Waals surface area (Å²) >= 11 is 6.18. The summed E-state index contributed by atoms with van der Waals surface area (Å²) in [6.45, 7) is 2.02. The average molecular weight is 575 g/mol. The molecule has 1 atom stereocenters. The van der Waals surface area contributed by atoms with E-state index in [2.05, 4.69) is 22.3 Å². The zero-order chi connectivity index (χ0) is 28.8. The van der Waals surface area contributed by atoms with Gasteiger partial charge in [0.25, 0.3) is 0 Å². The van der Waals surface area contributed by atoms with Gasteiger partial charge in [-0.25, -0.2) is 14.7 Å². The van der Waals surface area contributed by atoms with Crippen LogP contribution in [0, 0.1) is 6.92 Å². The maximum absolute atomic E-state index is 6.18. The highest BCUT2D eigenvalue weighted by Crippen LogP contribution is 2.51. The summed E-state index contributed by atoms with van der Waals surface area (Å²) in [5.74, 6) is 3.28. The van der Waals surface area contributed by atoms with E-state index in [9.17, 15) is 0 Å². The summed E-state index contributed by atoms with van der Waals surface area (Å²) in [7, 11) is 3.32. The van der Waals surface area contributed by atoms with Gasteiger partial charge >= 0.3 is 0 Å². The third-order valence-electron chi connectivity index (χ3n) is 7.47. The Morgan fingerprint density at radius 3 is 2.33 bits per heavy atom. The van der Waals surface area contributed by atoms with Gasteiger partial charge in [-0.1, -0.05) is 54.1 Å². The number of aliphatic imine (C=N–C) groups is 2. The van der Waals surface area contributed by atoms with Crippen molar-refractivity contribution in [2.24, 2.45) is 9.98 Å². The summed E-state index contributed by atoms with van der Waals surface area (Å²) in [4.78, 5) is 12.5. The smallest absolute Gasteiger partial charge is 0.179 e. The number of methoxy groups -OCH3 is 2. The van der Waals surface area contributed by atoms with Crippen LogP contribution in [0.1, 0.15) is 22.9 Å². The Morgan fingerprint density at radius 2 is 1.57 bits per heavy atom. The van der Waals surface area contributed by atoms with Gasteiger partial charge in [-0.05, 0) is 61.5 Å². The lowest BCUT2D eigenvalue weighted by atomic mass is 9.92. The second-order valence-electron chi connectivity index (χ2n) is 9.94. The molecule has 5 aromatic rings. The van der Waals surface area contributed by atoms with Crippen LogP contribution in [0.2, 0.25) is 5.02 Å². The zero-order valence-corrected chi connectivity index (χ0v) is 24.0. The molecule has 0 saturated carbocycles. The van der Waals surface area contributed by atoms with Crippen LogP contribution in [0.5, 0.6) is 11.5 Å². The molecule has 1 N–H and O–H groups in total. The number of hydrogen-bond acceptors (Lipinski definition) is 7. The van der Waals surface area contributed by atoms with E-state index in [4.69, 9.17) is 36.2 Å². The molecule has 3 heterocycles. The first-order chi connectivity index (χ1) is 20.6. The Kier molecular flexibility index (Phi) is 6.40. The van der Waals surface area contributed by atoms with Crippen molar-refractivity contribution in [3.05, 3.63) is 119 Å². The summed E-state index contributed by atoms with van der Waals surface area (Å²) in [5, 5.41) is 9.16. The largest absolute Gasteiger partial charge is 0.493 e. The molecule has 0 aliphatic carbocycles. The van der Waals surface area contributed by atoms with Crippen molar-refractivity contribution in [1.82, 2.24) is 9.78 Å². The molecule has 0 amide bonds. The molecular formula is C33H27ClN6O2. The van der Waals surface area contributed by atoms with E-state index in [1.807, 2.05) is 96.5 Å². The minimum absolute atomic E-state index is 0.353. The van der Waals surface area contributed by atoms with Crippen molar-refractivity contribution in [1.29, 1.82) is 0 Å². The van der Waals surface area contributed by atoms with Crippen LogP contribution in [0.4, 0.5) is 22.9 Å². The van der Waals surface area contributed by atoms with Gasteiger partial charge in [-0.3, -0.25) is 0 Å². The van der Waals surface area contributed by atoms with E-state index in [-0.39, 0.29) is 6.04 Å². The number of halogens is 1. The highest BCUT2D eigenvalue weighted by atomic mass is 35.5. The van der Waals surface area contributed by atoms with Gasteiger partial charge in [0.1, 0.15) is 0 Å². The number of aryl methyl sites for hydroxylation is 1. The van der Waals surface area contributed by atoms with Crippen molar-refractivity contribution in [2.75, 3.05) is 24.4 Å². The molecule has 42 heavy (non-hydrogen) atoms. The van der Waals surface area contributed by atoms with Crippen LogP contribution in [-0.2, 0) is 0 Å². The number of ether oxygens (including phenoxy) is 2. The molecule has 4 aromatic carbocycles. The van der Waals surface area contributed by atoms with Crippen molar-refractivity contribution in [3.63, 3.8) is 0 Å². The summed E-state index contributed by atoms with van der Waals surface area (Å²) in [6, 6.07) is 31.2. The Labute approximate surface area is 248 Å². The van der Waals surface area contributed by atoms with E-state index < -0.39 is 0 Å². The number of rotatable bonds is 5. The lowest BCUT2D eigenvalue weighted by Gasteiger charge is -2.41. The topological polar surface area (TPSA) is 76.3 Å². The van der Waals surface area contributed by atoms with Crippen molar-refractivity contribution in [2.45, 2.75) is 13.0 Å². The molecule has 2 aliphatic rings. The van der Waals surface area contributed by atoms with Crippen LogP contribution in [0.3, 0.4) is 0 Å². The Hall–Kier alpha value is -5.08. The molecule has 0 spiro atoms. The monoisotopic (exact) mass is 574 g/mol. The van der Waals surface area contributed by atoms with Gasteiger partial charge in [0.2, 0.25) is 0 Å². The fraction of sp³-hybridized carbons (Fsp3) is 0.121. The lowest BCUT2D eigenvalue weighted by molar-refractivity contribution is 0.350. The highest BCUT2D eigenvalue weighted by Gasteiger charge is 2.42. The second-order valence-corrected chi connectivity index (χ2v) is 10.4. The molecule has 0 bridgehead atoms. The second kappa shape index (κ2) is 10.4. The molecule has 2 aliphatic heterocycles. The summed E-state index contributed by atoms with van der Waals surface area (Å²) in [5.41, 5.74) is 6.24. The van der Waals surface area contributed by atoms with Gasteiger partial charge in [0.05, 0.1) is 43.0 Å². The number of nitrogens with one attached hydrogen (secondary N) is 1. The van der Waals surface area contributed by atoms with Crippen molar-refractivity contribution in [3.8, 4) is 17.2 Å². The summed E-state index contributed by atoms with van der Waals surface area (Å²) in [6.07, 6.45) is 0. The number of anilines is 2. The standard InChI is InChI=1S/C33H27ClN6O2/c1-20-28-29(24-12-9-15-27(41-2)30(24)42-3)39-26-14-8-7-13-25(26)36-31(35-22-18-16-21(34)17-19-22)33(39)37-32(28)40(38-20)23-10-5-4-6-11-23/h4-19,29H,1-3H3,(H,35,36)/t29-/m1/s1. The van der Waals surface area contributed by atoms with Gasteiger partial charge in [0, 0.05) is 21.8 Å². The first-order valence-corrected chi connectivity index (χ1v) is 13.9. The number of benzene rings is 4. The predicted octanol–water partition coefficient (Wildman–Crippen LogP) is 7.65. The average Bonchev–Trinajstić information content (AvgIpc) is 3.37. The number of amidine groups is 2. The minimum atomic E-state index is -0.353. The molecule has 1 aromatic heterocycles. The summed E-state index contributed by atoms with van der Waals surface area (Å²) < 4.78 is 13.6. The number of nitrogens with zero attached hydrogens (tertiary/aromatic N) is 5. The SMILES string of the molecule is COc1cccc([C@@H]2c3c(C)nn(-c4ccccc4)c3N=C3C(Nc4ccc(Cl)cc4)=Nc4ccccc4N32)c1OC. The molecule has 8 nitrogen and oxygen atoms in total. The Morgan fingerprint density at radius 1 is 0.810 bits per heavy atom. The first kappa shape index (κ1) is 25.9. The molecule has 7 rings (SSSR count). The van der Waals surface area contributed by atoms with E-state index in [0.29, 0.717) is 28.2 Å². The van der Waals surface area contributed by atoms with Crippen LogP contribution >= 0.6 is 11.6 Å². The number of fused-ring (bicyclic) bond motifs is 4. The number of hydrogen-bond donors (Lipinski definition) is 1. The normalized spacial score (nSPS) is 15.1. The van der Waals surface area contributed by atoms with Crippen LogP contribution in [-0.4, -0.2) is 35.7 Å². The van der Waals surface area contributed by atoms with Crippen LogP contribution in [0.25, 0.3) is 5.69 Å². The predicted molar refractivity (Wildman–Crippen MR) is 168 cm³/mol. The van der Waals surface area contributed by atoms with E-state index in [1.165, 1.54) is 0 Å². The molecule has 0 radical (unpaired) electrons. The third-order valence-corrected chi connectivity index (χ3v) is 7.73. The fourth-order valence-corrected chi connectivity index (χ4v) is 5.76. The molecular weight excluding hydrogens is 548 g/mol. The molecule has 0 saturated heterocycles. The van der Waals surface area contributed by atoms with Gasteiger partial charge in [-0.15, -0.1) is 0 Å². The molecule has 9 heteroatoms. The first-order valence-electron chi connectivity index (χ1n) is 13.5. The van der Waals surface area contributed by atoms with Gasteiger partial charge < -0.3 is 19.7 Å². The van der Waals surface area contributed by atoms with Crippen LogP contribution in [0.15, 0.2) is 107 Å². The van der Waals surface area contributed by atoms with Gasteiger partial charge in [-0.2, -0.15) is 5.10 Å². The lowest BCUT2D eigenvalue weighted by Crippen LogP contribution is -2.46. The van der Waals surface area contributed by atoms with E-state index >= 15 is 0 Å². The Bertz CT molecular complexity index is 1860. The quantitative estimate of drug-likeness (QED) is 0.233. The number of para-hydroxylation sites is 4. The fourth-order valence-electron chi connectivity index (χ4n) is 5.64. The van der Waals surface area contributed by atoms with Crippen molar-refractivity contribution >= 4 is 46.2 Å². The molecule has 0 unspecified atom stereocenters.